The molecule has 1 rings (SSSR count). The van der Waals surface area contributed by atoms with Gasteiger partial charge in [0.05, 0.1) is 17.7 Å². The lowest BCUT2D eigenvalue weighted by Crippen LogP contribution is -2.44. The number of carboxylic acids is 2. The van der Waals surface area contributed by atoms with Crippen LogP contribution in [0.25, 0.3) is 0 Å². The number of carbonyl (C=O) groups excluding carboxylic acids is 1. The number of aliphatic carboxylic acids is 2. The third-order valence-corrected chi connectivity index (χ3v) is 2.57. The van der Waals surface area contributed by atoms with Crippen LogP contribution in [-0.2, 0) is 9.59 Å². The molecule has 8 nitrogen and oxygen atoms in total. The van der Waals surface area contributed by atoms with E-state index in [1.54, 1.807) is 0 Å². The lowest BCUT2D eigenvalue weighted by atomic mass is 10.2. The van der Waals surface area contributed by atoms with Crippen LogP contribution >= 0.6 is 11.6 Å². The van der Waals surface area contributed by atoms with Crippen LogP contribution in [0.1, 0.15) is 12.0 Å². The summed E-state index contributed by atoms with van der Waals surface area (Å²) < 4.78 is 0. The smallest absolute Gasteiger partial charge is 0.326 e. The Hall–Kier alpha value is -2.79. The molecule has 1 aromatic rings. The number of carboxylic acid groups (broad SMARTS) is 2. The third kappa shape index (κ3) is 5.00. The van der Waals surface area contributed by atoms with Gasteiger partial charge in [0.2, 0.25) is 0 Å². The van der Waals surface area contributed by atoms with Gasteiger partial charge in [-0.05, 0) is 18.2 Å². The number of anilines is 1. The lowest BCUT2D eigenvalue weighted by Gasteiger charge is -2.14. The number of rotatable bonds is 5. The molecule has 0 saturated heterocycles. The van der Waals surface area contributed by atoms with Crippen molar-refractivity contribution in [2.24, 2.45) is 0 Å². The van der Waals surface area contributed by atoms with Gasteiger partial charge in [-0.1, -0.05) is 11.6 Å². The molecule has 0 aliphatic heterocycles. The number of hydrogen-bond acceptors (Lipinski definition) is 4. The first-order chi connectivity index (χ1) is 9.83. The molecular weight excluding hydrogens is 302 g/mol. The molecule has 1 atom stereocenters. The highest BCUT2D eigenvalue weighted by atomic mass is 35.5. The Kier molecular flexibility index (Phi) is 5.51. The SMILES string of the molecule is N#Cc1ccc(Cl)cc1NC(=O)N[C@H](CC(=O)O)C(=O)O. The largest absolute Gasteiger partial charge is 0.481 e. The van der Waals surface area contributed by atoms with Gasteiger partial charge in [0.1, 0.15) is 12.1 Å². The molecule has 0 aliphatic rings. The maximum Gasteiger partial charge on any atom is 0.326 e. The molecule has 4 N–H and O–H groups in total. The monoisotopic (exact) mass is 311 g/mol. The van der Waals surface area contributed by atoms with Crippen molar-refractivity contribution in [3.8, 4) is 6.07 Å². The fourth-order valence-corrected chi connectivity index (χ4v) is 1.58. The van der Waals surface area contributed by atoms with Crippen LogP contribution in [0.15, 0.2) is 18.2 Å². The second kappa shape index (κ2) is 7.12. The highest BCUT2D eigenvalue weighted by Gasteiger charge is 2.23. The summed E-state index contributed by atoms with van der Waals surface area (Å²) in [4.78, 5) is 33.0. The number of amides is 2. The molecule has 9 heteroatoms. The molecular formula is C12H10ClN3O5. The summed E-state index contributed by atoms with van der Waals surface area (Å²) in [6.45, 7) is 0. The molecule has 0 radical (unpaired) electrons. The molecule has 21 heavy (non-hydrogen) atoms. The fraction of sp³-hybridized carbons (Fsp3) is 0.167. The Bertz CT molecular complexity index is 626. The first-order valence-corrected chi connectivity index (χ1v) is 5.93. The van der Waals surface area contributed by atoms with E-state index < -0.39 is 30.4 Å². The van der Waals surface area contributed by atoms with Crippen molar-refractivity contribution < 1.29 is 24.6 Å². The summed E-state index contributed by atoms with van der Waals surface area (Å²) >= 11 is 5.73. The van der Waals surface area contributed by atoms with Crippen molar-refractivity contribution in [1.29, 1.82) is 5.26 Å². The number of nitrogens with zero attached hydrogens (tertiary/aromatic N) is 1. The van der Waals surface area contributed by atoms with Crippen LogP contribution in [0.4, 0.5) is 10.5 Å². The second-order valence-electron chi connectivity index (χ2n) is 3.89. The van der Waals surface area contributed by atoms with Crippen molar-refractivity contribution in [3.63, 3.8) is 0 Å². The maximum atomic E-state index is 11.7. The molecule has 110 valence electrons. The van der Waals surface area contributed by atoms with E-state index in [0.29, 0.717) is 0 Å². The number of carbonyl (C=O) groups is 3. The average Bonchev–Trinajstić information content (AvgIpc) is 2.37. The van der Waals surface area contributed by atoms with Crippen LogP contribution in [0.5, 0.6) is 0 Å². The second-order valence-corrected chi connectivity index (χ2v) is 4.33. The average molecular weight is 312 g/mol. The molecule has 0 aliphatic carbocycles. The van der Waals surface area contributed by atoms with E-state index in [9.17, 15) is 14.4 Å². The molecule has 0 heterocycles. The van der Waals surface area contributed by atoms with Gasteiger partial charge in [-0.15, -0.1) is 0 Å². The topological polar surface area (TPSA) is 140 Å². The van der Waals surface area contributed by atoms with Crippen LogP contribution < -0.4 is 10.6 Å². The van der Waals surface area contributed by atoms with Gasteiger partial charge in [0.25, 0.3) is 0 Å². The maximum absolute atomic E-state index is 11.7. The Morgan fingerprint density at radius 1 is 1.33 bits per heavy atom. The standard InChI is InChI=1S/C12H10ClN3O5/c13-7-2-1-6(5-14)8(3-7)15-12(21)16-9(11(19)20)4-10(17)18/h1-3,9H,4H2,(H,17,18)(H,19,20)(H2,15,16,21)/t9-/m1/s1. The minimum Gasteiger partial charge on any atom is -0.481 e. The van der Waals surface area contributed by atoms with Gasteiger partial charge in [-0.25, -0.2) is 9.59 Å². The summed E-state index contributed by atoms with van der Waals surface area (Å²) in [5, 5.41) is 30.7. The first kappa shape index (κ1) is 16.3. The lowest BCUT2D eigenvalue weighted by molar-refractivity contribution is -0.145. The summed E-state index contributed by atoms with van der Waals surface area (Å²) in [6.07, 6.45) is -0.774. The Balaban J connectivity index is 2.81. The van der Waals surface area contributed by atoms with Crippen molar-refractivity contribution in [1.82, 2.24) is 5.32 Å². The molecule has 1 aromatic carbocycles. The number of hydrogen-bond donors (Lipinski definition) is 4. The molecule has 0 saturated carbocycles. The van der Waals surface area contributed by atoms with E-state index in [-0.39, 0.29) is 16.3 Å². The number of nitrogens with one attached hydrogen (secondary N) is 2. The van der Waals surface area contributed by atoms with Gasteiger partial charge < -0.3 is 20.8 Å². The predicted molar refractivity (Wildman–Crippen MR) is 72.0 cm³/mol. The number of benzene rings is 1. The van der Waals surface area contributed by atoms with Crippen LogP contribution in [0, 0.1) is 11.3 Å². The zero-order valence-electron chi connectivity index (χ0n) is 10.5. The van der Waals surface area contributed by atoms with Gasteiger partial charge in [-0.2, -0.15) is 5.26 Å². The van der Waals surface area contributed by atoms with Crippen molar-refractivity contribution in [2.45, 2.75) is 12.5 Å². The first-order valence-electron chi connectivity index (χ1n) is 5.55. The van der Waals surface area contributed by atoms with Gasteiger partial charge in [0.15, 0.2) is 0 Å². The summed E-state index contributed by atoms with van der Waals surface area (Å²) in [5.41, 5.74) is 0.210. The molecule has 0 aromatic heterocycles. The van der Waals surface area contributed by atoms with Crippen LogP contribution in [0.3, 0.4) is 0 Å². The zero-order chi connectivity index (χ0) is 16.0. The number of halogens is 1. The summed E-state index contributed by atoms with van der Waals surface area (Å²) in [7, 11) is 0. The molecule has 0 bridgehead atoms. The normalized spacial score (nSPS) is 11.0. The molecule has 0 spiro atoms. The van der Waals surface area contributed by atoms with Crippen molar-refractivity contribution >= 4 is 35.3 Å². The third-order valence-electron chi connectivity index (χ3n) is 2.33. The van der Waals surface area contributed by atoms with Gasteiger partial charge in [0, 0.05) is 5.02 Å². The predicted octanol–water partition coefficient (Wildman–Crippen LogP) is 1.26. The quantitative estimate of drug-likeness (QED) is 0.645. The van der Waals surface area contributed by atoms with Gasteiger partial charge >= 0.3 is 18.0 Å². The van der Waals surface area contributed by atoms with E-state index in [4.69, 9.17) is 27.1 Å². The highest BCUT2D eigenvalue weighted by molar-refractivity contribution is 6.31. The number of nitriles is 1. The van der Waals surface area contributed by atoms with E-state index >= 15 is 0 Å². The molecule has 0 fully saturated rings. The molecule has 0 unspecified atom stereocenters. The minimum absolute atomic E-state index is 0.0852. The zero-order valence-corrected chi connectivity index (χ0v) is 11.2. The molecule has 2 amide bonds. The van der Waals surface area contributed by atoms with Crippen LogP contribution in [0.2, 0.25) is 5.02 Å². The van der Waals surface area contributed by atoms with Crippen molar-refractivity contribution in [3.05, 3.63) is 28.8 Å². The Morgan fingerprint density at radius 3 is 2.52 bits per heavy atom. The highest BCUT2D eigenvalue weighted by Crippen LogP contribution is 2.20. The Labute approximate surface area is 123 Å². The van der Waals surface area contributed by atoms with Gasteiger partial charge in [-0.3, -0.25) is 4.79 Å². The van der Waals surface area contributed by atoms with Crippen LogP contribution in [-0.4, -0.2) is 34.2 Å². The fourth-order valence-electron chi connectivity index (χ4n) is 1.41. The minimum atomic E-state index is -1.59. The van der Waals surface area contributed by atoms with E-state index in [2.05, 4.69) is 5.32 Å². The number of urea groups is 1. The van der Waals surface area contributed by atoms with E-state index in [1.165, 1.54) is 18.2 Å². The van der Waals surface area contributed by atoms with E-state index in [1.807, 2.05) is 11.4 Å². The Morgan fingerprint density at radius 2 is 2.00 bits per heavy atom. The van der Waals surface area contributed by atoms with E-state index in [0.717, 1.165) is 0 Å². The summed E-state index contributed by atoms with van der Waals surface area (Å²) in [5.74, 6) is -2.86. The summed E-state index contributed by atoms with van der Waals surface area (Å²) in [6, 6.07) is 3.42. The van der Waals surface area contributed by atoms with Crippen molar-refractivity contribution in [2.75, 3.05) is 5.32 Å².